The summed E-state index contributed by atoms with van der Waals surface area (Å²) in [7, 11) is 3.99. The molecule has 1 N–H and O–H groups in total. The van der Waals surface area contributed by atoms with Gasteiger partial charge >= 0.3 is 0 Å². The van der Waals surface area contributed by atoms with Gasteiger partial charge in [-0.15, -0.1) is 0 Å². The van der Waals surface area contributed by atoms with Crippen molar-refractivity contribution in [3.8, 4) is 0 Å². The standard InChI is InChI=1S/C15H20IN3/c1-11-5-4-6-13(15(11)16)14(17-2)8-7-12-9-18-19(3)10-12/h4-6,9-10,14,17H,7-8H2,1-3H3. The normalized spacial score (nSPS) is 12.6. The number of nitrogens with zero attached hydrogens (tertiary/aromatic N) is 2. The van der Waals surface area contributed by atoms with Gasteiger partial charge in [0.15, 0.2) is 0 Å². The zero-order valence-corrected chi connectivity index (χ0v) is 13.8. The Morgan fingerprint density at radius 3 is 2.84 bits per heavy atom. The monoisotopic (exact) mass is 369 g/mol. The molecular formula is C15H20IN3. The molecule has 1 heterocycles. The molecule has 19 heavy (non-hydrogen) atoms. The van der Waals surface area contributed by atoms with Gasteiger partial charge in [-0.3, -0.25) is 4.68 Å². The van der Waals surface area contributed by atoms with Crippen molar-refractivity contribution in [2.45, 2.75) is 25.8 Å². The van der Waals surface area contributed by atoms with Crippen LogP contribution in [-0.4, -0.2) is 16.8 Å². The number of nitrogens with one attached hydrogen (secondary N) is 1. The third-order valence-corrected chi connectivity index (χ3v) is 4.90. The molecule has 2 rings (SSSR count). The molecule has 0 radical (unpaired) electrons. The number of hydrogen-bond donors (Lipinski definition) is 1. The summed E-state index contributed by atoms with van der Waals surface area (Å²) in [4.78, 5) is 0. The first-order chi connectivity index (χ1) is 9.11. The molecule has 0 aliphatic carbocycles. The van der Waals surface area contributed by atoms with E-state index in [4.69, 9.17) is 0 Å². The van der Waals surface area contributed by atoms with E-state index in [2.05, 4.69) is 64.3 Å². The van der Waals surface area contributed by atoms with Gasteiger partial charge in [0.2, 0.25) is 0 Å². The molecule has 0 amide bonds. The SMILES string of the molecule is CNC(CCc1cnn(C)c1)c1cccc(C)c1I. The van der Waals surface area contributed by atoms with Crippen LogP contribution in [0.2, 0.25) is 0 Å². The van der Waals surface area contributed by atoms with Gasteiger partial charge in [0, 0.05) is 22.9 Å². The zero-order chi connectivity index (χ0) is 13.8. The van der Waals surface area contributed by atoms with Gasteiger partial charge in [0.1, 0.15) is 0 Å². The van der Waals surface area contributed by atoms with Crippen molar-refractivity contribution in [1.82, 2.24) is 15.1 Å². The molecule has 102 valence electrons. The van der Waals surface area contributed by atoms with E-state index < -0.39 is 0 Å². The summed E-state index contributed by atoms with van der Waals surface area (Å²) in [5, 5.41) is 7.65. The number of benzene rings is 1. The van der Waals surface area contributed by atoms with Crippen LogP contribution in [0, 0.1) is 10.5 Å². The highest BCUT2D eigenvalue weighted by Crippen LogP contribution is 2.26. The second kappa shape index (κ2) is 6.52. The van der Waals surface area contributed by atoms with Crippen LogP contribution in [0.4, 0.5) is 0 Å². The highest BCUT2D eigenvalue weighted by molar-refractivity contribution is 14.1. The van der Waals surface area contributed by atoms with Crippen molar-refractivity contribution in [3.63, 3.8) is 0 Å². The summed E-state index contributed by atoms with van der Waals surface area (Å²) in [6.45, 7) is 2.17. The average Bonchev–Trinajstić information content (AvgIpc) is 2.81. The van der Waals surface area contributed by atoms with E-state index in [1.165, 1.54) is 20.3 Å². The van der Waals surface area contributed by atoms with Gasteiger partial charge in [-0.25, -0.2) is 0 Å². The average molecular weight is 369 g/mol. The van der Waals surface area contributed by atoms with Crippen LogP contribution >= 0.6 is 22.6 Å². The minimum atomic E-state index is 0.395. The molecule has 1 aromatic carbocycles. The second-order valence-corrected chi connectivity index (χ2v) is 5.96. The lowest BCUT2D eigenvalue weighted by Crippen LogP contribution is -2.18. The quantitative estimate of drug-likeness (QED) is 0.821. The fourth-order valence-corrected chi connectivity index (χ4v) is 3.04. The number of aromatic nitrogens is 2. The van der Waals surface area contributed by atoms with E-state index in [0.717, 1.165) is 12.8 Å². The van der Waals surface area contributed by atoms with Crippen molar-refractivity contribution in [2.24, 2.45) is 7.05 Å². The smallest absolute Gasteiger partial charge is 0.0521 e. The molecule has 0 bridgehead atoms. The first-order valence-corrected chi connectivity index (χ1v) is 7.59. The lowest BCUT2D eigenvalue weighted by molar-refractivity contribution is 0.546. The zero-order valence-electron chi connectivity index (χ0n) is 11.7. The van der Waals surface area contributed by atoms with Gasteiger partial charge < -0.3 is 5.32 Å². The molecule has 0 saturated heterocycles. The number of hydrogen-bond acceptors (Lipinski definition) is 2. The third kappa shape index (κ3) is 3.57. The fourth-order valence-electron chi connectivity index (χ4n) is 2.31. The molecule has 0 aliphatic rings. The summed E-state index contributed by atoms with van der Waals surface area (Å²) in [5.41, 5.74) is 4.04. The number of aryl methyl sites for hydroxylation is 3. The summed E-state index contributed by atoms with van der Waals surface area (Å²) < 4.78 is 3.23. The largest absolute Gasteiger partial charge is 0.313 e. The maximum absolute atomic E-state index is 4.22. The van der Waals surface area contributed by atoms with Crippen molar-refractivity contribution in [2.75, 3.05) is 7.05 Å². The third-order valence-electron chi connectivity index (χ3n) is 3.43. The van der Waals surface area contributed by atoms with E-state index >= 15 is 0 Å². The van der Waals surface area contributed by atoms with Gasteiger partial charge in [-0.1, -0.05) is 18.2 Å². The predicted molar refractivity (Wildman–Crippen MR) is 87.2 cm³/mol. The first-order valence-electron chi connectivity index (χ1n) is 6.51. The minimum Gasteiger partial charge on any atom is -0.313 e. The Morgan fingerprint density at radius 2 is 2.21 bits per heavy atom. The fraction of sp³-hybridized carbons (Fsp3) is 0.400. The maximum atomic E-state index is 4.22. The molecule has 1 atom stereocenters. The van der Waals surface area contributed by atoms with Crippen molar-refractivity contribution < 1.29 is 0 Å². The summed E-state index contributed by atoms with van der Waals surface area (Å²) in [5.74, 6) is 0. The van der Waals surface area contributed by atoms with Gasteiger partial charge in [0.25, 0.3) is 0 Å². The minimum absolute atomic E-state index is 0.395. The van der Waals surface area contributed by atoms with Crippen LogP contribution in [0.5, 0.6) is 0 Å². The topological polar surface area (TPSA) is 29.9 Å². The molecular weight excluding hydrogens is 349 g/mol. The lowest BCUT2D eigenvalue weighted by Gasteiger charge is -2.19. The second-order valence-electron chi connectivity index (χ2n) is 4.88. The van der Waals surface area contributed by atoms with Crippen LogP contribution in [0.1, 0.15) is 29.2 Å². The molecule has 3 nitrogen and oxygen atoms in total. The van der Waals surface area contributed by atoms with Crippen LogP contribution in [0.15, 0.2) is 30.6 Å². The Kier molecular flexibility index (Phi) is 4.99. The van der Waals surface area contributed by atoms with E-state index in [1.54, 1.807) is 0 Å². The molecule has 2 aromatic rings. The van der Waals surface area contributed by atoms with Crippen LogP contribution in [0.25, 0.3) is 0 Å². The van der Waals surface area contributed by atoms with E-state index in [1.807, 2.05) is 25.0 Å². The summed E-state index contributed by atoms with van der Waals surface area (Å²) >= 11 is 2.45. The summed E-state index contributed by atoms with van der Waals surface area (Å²) in [6.07, 6.45) is 6.17. The van der Waals surface area contributed by atoms with Crippen LogP contribution < -0.4 is 5.32 Å². The predicted octanol–water partition coefficient (Wildman–Crippen LogP) is 3.23. The molecule has 1 aromatic heterocycles. The summed E-state index contributed by atoms with van der Waals surface area (Å²) in [6, 6.07) is 6.92. The molecule has 0 saturated carbocycles. The van der Waals surface area contributed by atoms with Crippen molar-refractivity contribution in [1.29, 1.82) is 0 Å². The Bertz CT molecular complexity index is 548. The Hall–Kier alpha value is -0.880. The Morgan fingerprint density at radius 1 is 1.42 bits per heavy atom. The van der Waals surface area contributed by atoms with Crippen molar-refractivity contribution in [3.05, 3.63) is 50.9 Å². The lowest BCUT2D eigenvalue weighted by atomic mass is 9.99. The maximum Gasteiger partial charge on any atom is 0.0521 e. The van der Waals surface area contributed by atoms with Gasteiger partial charge in [-0.05, 0) is 66.1 Å². The van der Waals surface area contributed by atoms with Gasteiger partial charge in [0.05, 0.1) is 6.20 Å². The number of rotatable bonds is 5. The molecule has 0 fully saturated rings. The van der Waals surface area contributed by atoms with Gasteiger partial charge in [-0.2, -0.15) is 5.10 Å². The molecule has 0 spiro atoms. The Labute approximate surface area is 128 Å². The molecule has 4 heteroatoms. The van der Waals surface area contributed by atoms with E-state index in [9.17, 15) is 0 Å². The highest BCUT2D eigenvalue weighted by atomic mass is 127. The van der Waals surface area contributed by atoms with Crippen molar-refractivity contribution >= 4 is 22.6 Å². The molecule has 0 aliphatic heterocycles. The van der Waals surface area contributed by atoms with E-state index in [0.29, 0.717) is 6.04 Å². The highest BCUT2D eigenvalue weighted by Gasteiger charge is 2.13. The van der Waals surface area contributed by atoms with Crippen LogP contribution in [0.3, 0.4) is 0 Å². The van der Waals surface area contributed by atoms with Crippen LogP contribution in [-0.2, 0) is 13.5 Å². The number of halogens is 1. The Balaban J connectivity index is 2.09. The first kappa shape index (κ1) is 14.5. The molecule has 1 unspecified atom stereocenters. The van der Waals surface area contributed by atoms with E-state index in [-0.39, 0.29) is 0 Å².